The van der Waals surface area contributed by atoms with Gasteiger partial charge in [-0.2, -0.15) is 5.10 Å². The molecule has 4 rings (SSSR count). The molecule has 1 aliphatic heterocycles. The van der Waals surface area contributed by atoms with Gasteiger partial charge in [-0.1, -0.05) is 30.3 Å². The Hall–Kier alpha value is -2.63. The zero-order valence-corrected chi connectivity index (χ0v) is 15.6. The van der Waals surface area contributed by atoms with E-state index in [-0.39, 0.29) is 24.4 Å². The number of aromatic nitrogens is 2. The van der Waals surface area contributed by atoms with Gasteiger partial charge in [0.25, 0.3) is 0 Å². The molecule has 0 radical (unpaired) electrons. The van der Waals surface area contributed by atoms with Crippen molar-refractivity contribution in [1.82, 2.24) is 20.0 Å². The van der Waals surface area contributed by atoms with Crippen molar-refractivity contribution in [3.05, 3.63) is 53.3 Å². The van der Waals surface area contributed by atoms with Gasteiger partial charge in [-0.25, -0.2) is 0 Å². The fraction of sp³-hybridized carbons (Fsp3) is 0.476. The third kappa shape index (κ3) is 4.04. The lowest BCUT2D eigenvalue weighted by Gasteiger charge is -2.28. The molecular weight excluding hydrogens is 340 g/mol. The molecule has 0 spiro atoms. The number of nitrogens with one attached hydrogen (secondary N) is 1. The second kappa shape index (κ2) is 7.94. The Labute approximate surface area is 159 Å². The molecule has 142 valence electrons. The van der Waals surface area contributed by atoms with Crippen LogP contribution in [0.3, 0.4) is 0 Å². The van der Waals surface area contributed by atoms with Crippen LogP contribution < -0.4 is 5.32 Å². The van der Waals surface area contributed by atoms with Crippen LogP contribution in [0.1, 0.15) is 55.0 Å². The van der Waals surface area contributed by atoms with Crippen LogP contribution in [0.15, 0.2) is 36.5 Å². The molecule has 0 bridgehead atoms. The monoisotopic (exact) mass is 366 g/mol. The first-order valence-electron chi connectivity index (χ1n) is 9.86. The topological polar surface area (TPSA) is 67.2 Å². The molecule has 1 saturated heterocycles. The average molecular weight is 366 g/mol. The molecule has 2 aliphatic rings. The summed E-state index contributed by atoms with van der Waals surface area (Å²) >= 11 is 0. The minimum absolute atomic E-state index is 0.00864. The molecule has 1 atom stereocenters. The maximum atomic E-state index is 12.5. The van der Waals surface area contributed by atoms with Crippen molar-refractivity contribution in [2.45, 2.75) is 51.1 Å². The van der Waals surface area contributed by atoms with E-state index in [1.54, 1.807) is 4.90 Å². The fourth-order valence-electron chi connectivity index (χ4n) is 4.10. The Kier molecular flexibility index (Phi) is 5.23. The van der Waals surface area contributed by atoms with Gasteiger partial charge in [-0.3, -0.25) is 14.3 Å². The molecule has 2 heterocycles. The summed E-state index contributed by atoms with van der Waals surface area (Å²) in [6, 6.07) is 10.3. The SMILES string of the molecule is O=C(CN1CCCCC1=O)NC1CCCc2c1cnn2Cc1ccccc1. The summed E-state index contributed by atoms with van der Waals surface area (Å²) < 4.78 is 2.05. The zero-order chi connectivity index (χ0) is 18.6. The Morgan fingerprint density at radius 2 is 2.00 bits per heavy atom. The number of rotatable bonds is 5. The van der Waals surface area contributed by atoms with E-state index in [2.05, 4.69) is 27.2 Å². The molecule has 27 heavy (non-hydrogen) atoms. The van der Waals surface area contributed by atoms with Gasteiger partial charge >= 0.3 is 0 Å². The predicted octanol–water partition coefficient (Wildman–Crippen LogP) is 2.44. The number of carbonyl (C=O) groups is 2. The van der Waals surface area contributed by atoms with E-state index < -0.39 is 0 Å². The Balaban J connectivity index is 1.42. The Bertz CT molecular complexity index is 815. The first-order chi connectivity index (χ1) is 13.2. The number of likely N-dealkylation sites (tertiary alicyclic amines) is 1. The number of piperidine rings is 1. The molecule has 1 fully saturated rings. The number of benzene rings is 1. The van der Waals surface area contributed by atoms with Crippen LogP contribution in [0.5, 0.6) is 0 Å². The largest absolute Gasteiger partial charge is 0.348 e. The van der Waals surface area contributed by atoms with Crippen molar-refractivity contribution < 1.29 is 9.59 Å². The van der Waals surface area contributed by atoms with Crippen LogP contribution >= 0.6 is 0 Å². The molecule has 6 nitrogen and oxygen atoms in total. The van der Waals surface area contributed by atoms with Crippen LogP contribution in [0, 0.1) is 0 Å². The van der Waals surface area contributed by atoms with E-state index in [1.165, 1.54) is 11.3 Å². The molecule has 1 unspecified atom stereocenters. The lowest BCUT2D eigenvalue weighted by molar-refractivity contribution is -0.138. The van der Waals surface area contributed by atoms with Gasteiger partial charge < -0.3 is 10.2 Å². The van der Waals surface area contributed by atoms with Gasteiger partial charge in [-0.05, 0) is 37.7 Å². The van der Waals surface area contributed by atoms with E-state index in [0.29, 0.717) is 13.0 Å². The third-order valence-corrected chi connectivity index (χ3v) is 5.53. The van der Waals surface area contributed by atoms with Crippen LogP contribution in [-0.4, -0.2) is 39.6 Å². The summed E-state index contributed by atoms with van der Waals surface area (Å²) in [5, 5.41) is 7.71. The Morgan fingerprint density at radius 3 is 2.81 bits per heavy atom. The smallest absolute Gasteiger partial charge is 0.240 e. The van der Waals surface area contributed by atoms with Crippen molar-refractivity contribution in [3.63, 3.8) is 0 Å². The highest BCUT2D eigenvalue weighted by Crippen LogP contribution is 2.30. The molecule has 6 heteroatoms. The first-order valence-corrected chi connectivity index (χ1v) is 9.86. The maximum absolute atomic E-state index is 12.5. The number of nitrogens with zero attached hydrogens (tertiary/aromatic N) is 3. The zero-order valence-electron chi connectivity index (χ0n) is 15.6. The summed E-state index contributed by atoms with van der Waals surface area (Å²) in [6.07, 6.45) is 7.31. The highest BCUT2D eigenvalue weighted by atomic mass is 16.2. The van der Waals surface area contributed by atoms with Gasteiger partial charge in [0.05, 0.1) is 25.3 Å². The quantitative estimate of drug-likeness (QED) is 0.884. The van der Waals surface area contributed by atoms with E-state index in [9.17, 15) is 9.59 Å². The molecule has 2 aromatic rings. The molecule has 1 N–H and O–H groups in total. The highest BCUT2D eigenvalue weighted by Gasteiger charge is 2.27. The van der Waals surface area contributed by atoms with Crippen molar-refractivity contribution in [2.75, 3.05) is 13.1 Å². The van der Waals surface area contributed by atoms with Crippen LogP contribution in [0.4, 0.5) is 0 Å². The van der Waals surface area contributed by atoms with Crippen molar-refractivity contribution in [2.24, 2.45) is 0 Å². The van der Waals surface area contributed by atoms with E-state index in [4.69, 9.17) is 0 Å². The minimum atomic E-state index is -0.0705. The number of carbonyl (C=O) groups excluding carboxylic acids is 2. The molecule has 1 aliphatic carbocycles. The van der Waals surface area contributed by atoms with E-state index in [1.807, 2.05) is 24.4 Å². The number of amides is 2. The number of hydrogen-bond donors (Lipinski definition) is 1. The molecule has 1 aromatic carbocycles. The summed E-state index contributed by atoms with van der Waals surface area (Å²) in [6.45, 7) is 1.61. The third-order valence-electron chi connectivity index (χ3n) is 5.53. The fourth-order valence-corrected chi connectivity index (χ4v) is 4.10. The van der Waals surface area contributed by atoms with Crippen LogP contribution in [-0.2, 0) is 22.6 Å². The van der Waals surface area contributed by atoms with E-state index >= 15 is 0 Å². The van der Waals surface area contributed by atoms with Crippen LogP contribution in [0.25, 0.3) is 0 Å². The molecule has 1 aromatic heterocycles. The average Bonchev–Trinajstić information content (AvgIpc) is 3.08. The lowest BCUT2D eigenvalue weighted by Crippen LogP contribution is -2.44. The predicted molar refractivity (Wildman–Crippen MR) is 102 cm³/mol. The molecule has 2 amide bonds. The summed E-state index contributed by atoms with van der Waals surface area (Å²) in [4.78, 5) is 26.1. The van der Waals surface area contributed by atoms with Crippen molar-refractivity contribution in [3.8, 4) is 0 Å². The van der Waals surface area contributed by atoms with Crippen molar-refractivity contribution in [1.29, 1.82) is 0 Å². The van der Waals surface area contributed by atoms with Crippen LogP contribution in [0.2, 0.25) is 0 Å². The first kappa shape index (κ1) is 17.8. The lowest BCUT2D eigenvalue weighted by atomic mass is 9.93. The summed E-state index contributed by atoms with van der Waals surface area (Å²) in [7, 11) is 0. The summed E-state index contributed by atoms with van der Waals surface area (Å²) in [5.74, 6) is 0.0234. The van der Waals surface area contributed by atoms with Gasteiger partial charge in [-0.15, -0.1) is 0 Å². The van der Waals surface area contributed by atoms with Gasteiger partial charge in [0.1, 0.15) is 0 Å². The second-order valence-electron chi connectivity index (χ2n) is 7.47. The highest BCUT2D eigenvalue weighted by molar-refractivity contribution is 5.85. The van der Waals surface area contributed by atoms with E-state index in [0.717, 1.165) is 44.2 Å². The van der Waals surface area contributed by atoms with Crippen molar-refractivity contribution >= 4 is 11.8 Å². The molecular formula is C21H26N4O2. The summed E-state index contributed by atoms with van der Waals surface area (Å²) in [5.41, 5.74) is 3.55. The second-order valence-corrected chi connectivity index (χ2v) is 7.47. The minimum Gasteiger partial charge on any atom is -0.348 e. The standard InChI is InChI=1S/C21H26N4O2/c26-20(15-24-12-5-4-11-21(24)27)23-18-9-6-10-19-17(18)13-22-25(19)14-16-7-2-1-3-8-16/h1-3,7-8,13,18H,4-6,9-12,14-15H2,(H,23,26). The van der Waals surface area contributed by atoms with Gasteiger partial charge in [0, 0.05) is 24.2 Å². The molecule has 0 saturated carbocycles. The van der Waals surface area contributed by atoms with Gasteiger partial charge in [0.15, 0.2) is 0 Å². The Morgan fingerprint density at radius 1 is 1.15 bits per heavy atom. The maximum Gasteiger partial charge on any atom is 0.240 e. The number of hydrogen-bond acceptors (Lipinski definition) is 3. The normalized spacial score (nSPS) is 19.6. The van der Waals surface area contributed by atoms with Gasteiger partial charge in [0.2, 0.25) is 11.8 Å². The number of fused-ring (bicyclic) bond motifs is 1.